The number of nitrogens with two attached hydrogens (primary N) is 1. The second-order valence-corrected chi connectivity index (χ2v) is 8.64. The van der Waals surface area contributed by atoms with Gasteiger partial charge < -0.3 is 15.6 Å². The number of azo groups is 1. The molecule has 1 unspecified atom stereocenters. The van der Waals surface area contributed by atoms with Crippen LogP contribution in [-0.4, -0.2) is 32.1 Å². The number of esters is 1. The lowest BCUT2D eigenvalue weighted by atomic mass is 10.0. The van der Waals surface area contributed by atoms with Crippen molar-refractivity contribution < 1.29 is 19.4 Å². The molecule has 32 heavy (non-hydrogen) atoms. The molecule has 3 aromatic rings. The molecule has 1 aromatic heterocycles. The fourth-order valence-corrected chi connectivity index (χ4v) is 3.31. The van der Waals surface area contributed by atoms with E-state index in [0.717, 1.165) is 0 Å². The number of aromatic hydroxyl groups is 1. The van der Waals surface area contributed by atoms with Crippen molar-refractivity contribution in [3.8, 4) is 5.88 Å². The molecule has 9 heteroatoms. The maximum atomic E-state index is 12.9. The van der Waals surface area contributed by atoms with Crippen molar-refractivity contribution in [2.75, 3.05) is 0 Å². The molecule has 0 amide bonds. The summed E-state index contributed by atoms with van der Waals surface area (Å²) in [7, 11) is 0. The summed E-state index contributed by atoms with van der Waals surface area (Å²) in [4.78, 5) is 25.6. The van der Waals surface area contributed by atoms with Crippen LogP contribution in [-0.2, 0) is 9.53 Å². The van der Waals surface area contributed by atoms with Gasteiger partial charge in [0.05, 0.1) is 5.52 Å². The molecule has 2 aromatic carbocycles. The molecule has 0 spiro atoms. The number of nitrogens with zero attached hydrogens (tertiary/aromatic N) is 3. The lowest BCUT2D eigenvalue weighted by Crippen LogP contribution is -2.28. The molecule has 0 fully saturated rings. The molecule has 0 bridgehead atoms. The minimum atomic E-state index is -0.874. The number of ether oxygens (including phenoxy) is 1. The standard InChI is InChI=1S/C23H24N4O4S/c1-13(21(30)31-23(2,3)4)27-17-11-10-15(19(28)14-8-6-5-7-9-14)12-16(17)18(20(27)29)25-26-22(24)32/h5-13,29H,1-4H3,(H2,24,32). The monoisotopic (exact) mass is 452 g/mol. The molecule has 0 saturated carbocycles. The number of thiocarbonyl (C=S) groups is 1. The van der Waals surface area contributed by atoms with Crippen molar-refractivity contribution in [1.29, 1.82) is 0 Å². The predicted octanol–water partition coefficient (Wildman–Crippen LogP) is 4.81. The lowest BCUT2D eigenvalue weighted by Gasteiger charge is -2.23. The highest BCUT2D eigenvalue weighted by molar-refractivity contribution is 7.80. The highest BCUT2D eigenvalue weighted by Crippen LogP contribution is 2.42. The van der Waals surface area contributed by atoms with Crippen LogP contribution in [0.4, 0.5) is 5.69 Å². The van der Waals surface area contributed by atoms with Gasteiger partial charge in [-0.05, 0) is 58.1 Å². The zero-order chi connectivity index (χ0) is 23.6. The minimum Gasteiger partial charge on any atom is -0.493 e. The summed E-state index contributed by atoms with van der Waals surface area (Å²) in [6.45, 7) is 6.88. The third-order valence-electron chi connectivity index (χ3n) is 4.63. The molecule has 0 aliphatic carbocycles. The highest BCUT2D eigenvalue weighted by atomic mass is 32.1. The number of carbonyl (C=O) groups is 2. The Labute approximate surface area is 190 Å². The zero-order valence-electron chi connectivity index (χ0n) is 18.2. The van der Waals surface area contributed by atoms with Crippen molar-refractivity contribution in [2.45, 2.75) is 39.3 Å². The van der Waals surface area contributed by atoms with Crippen LogP contribution in [0, 0.1) is 0 Å². The predicted molar refractivity (Wildman–Crippen MR) is 125 cm³/mol. The Bertz CT molecular complexity index is 1230. The average Bonchev–Trinajstić information content (AvgIpc) is 3.00. The number of benzene rings is 2. The second-order valence-electron chi connectivity index (χ2n) is 8.22. The van der Waals surface area contributed by atoms with E-state index in [2.05, 4.69) is 10.2 Å². The molecule has 1 heterocycles. The summed E-state index contributed by atoms with van der Waals surface area (Å²) in [5.41, 5.74) is 6.15. The molecule has 166 valence electrons. The molecule has 3 rings (SSSR count). The molecule has 0 radical (unpaired) electrons. The summed E-state index contributed by atoms with van der Waals surface area (Å²) < 4.78 is 6.85. The fraction of sp³-hybridized carbons (Fsp3) is 0.261. The van der Waals surface area contributed by atoms with E-state index in [9.17, 15) is 14.7 Å². The van der Waals surface area contributed by atoms with Crippen LogP contribution in [0.3, 0.4) is 0 Å². The normalized spacial score (nSPS) is 12.8. The molecule has 8 nitrogen and oxygen atoms in total. The Hall–Kier alpha value is -3.59. The van der Waals surface area contributed by atoms with E-state index < -0.39 is 17.6 Å². The van der Waals surface area contributed by atoms with Crippen LogP contribution < -0.4 is 5.73 Å². The second kappa shape index (κ2) is 8.88. The van der Waals surface area contributed by atoms with Gasteiger partial charge in [-0.25, -0.2) is 4.79 Å². The van der Waals surface area contributed by atoms with Gasteiger partial charge in [0, 0.05) is 16.5 Å². The Kier molecular flexibility index (Phi) is 6.40. The molecule has 0 saturated heterocycles. The number of rotatable bonds is 5. The number of fused-ring (bicyclic) bond motifs is 1. The number of hydrogen-bond donors (Lipinski definition) is 2. The van der Waals surface area contributed by atoms with Gasteiger partial charge in [0.2, 0.25) is 11.0 Å². The van der Waals surface area contributed by atoms with Crippen molar-refractivity contribution in [3.63, 3.8) is 0 Å². The maximum Gasteiger partial charge on any atom is 0.329 e. The fourth-order valence-electron chi connectivity index (χ4n) is 3.26. The zero-order valence-corrected chi connectivity index (χ0v) is 19.0. The van der Waals surface area contributed by atoms with Crippen LogP contribution >= 0.6 is 12.2 Å². The molecule has 0 aliphatic heterocycles. The molecular formula is C23H24N4O4S. The van der Waals surface area contributed by atoms with Crippen LogP contribution in [0.5, 0.6) is 5.88 Å². The Morgan fingerprint density at radius 2 is 1.78 bits per heavy atom. The molecule has 1 atom stereocenters. The topological polar surface area (TPSA) is 119 Å². The van der Waals surface area contributed by atoms with E-state index in [0.29, 0.717) is 22.0 Å². The SMILES string of the molecule is CC(C(=O)OC(C)(C)C)n1c(O)c(N=NC(N)=S)c2cc(C(=O)c3ccccc3)ccc21. The van der Waals surface area contributed by atoms with Crippen molar-refractivity contribution in [1.82, 2.24) is 4.57 Å². The van der Waals surface area contributed by atoms with Gasteiger partial charge in [0.15, 0.2) is 11.5 Å². The number of hydrogen-bond acceptors (Lipinski definition) is 6. The largest absolute Gasteiger partial charge is 0.493 e. The van der Waals surface area contributed by atoms with Gasteiger partial charge in [-0.15, -0.1) is 10.2 Å². The van der Waals surface area contributed by atoms with Gasteiger partial charge in [0.25, 0.3) is 0 Å². The number of ketones is 1. The molecule has 3 N–H and O–H groups in total. The van der Waals surface area contributed by atoms with E-state index in [1.54, 1.807) is 70.2 Å². The third kappa shape index (κ3) is 4.83. The van der Waals surface area contributed by atoms with E-state index in [4.69, 9.17) is 22.7 Å². The summed E-state index contributed by atoms with van der Waals surface area (Å²) in [5.74, 6) is -1.05. The summed E-state index contributed by atoms with van der Waals surface area (Å²) >= 11 is 4.75. The quantitative estimate of drug-likeness (QED) is 0.248. The first kappa shape index (κ1) is 23.1. The van der Waals surface area contributed by atoms with Crippen LogP contribution in [0.2, 0.25) is 0 Å². The lowest BCUT2D eigenvalue weighted by molar-refractivity contribution is -0.158. The average molecular weight is 453 g/mol. The highest BCUT2D eigenvalue weighted by Gasteiger charge is 2.29. The first-order valence-corrected chi connectivity index (χ1v) is 10.3. The number of carbonyl (C=O) groups excluding carboxylic acids is 2. The van der Waals surface area contributed by atoms with E-state index in [1.165, 1.54) is 4.57 Å². The third-order valence-corrected chi connectivity index (χ3v) is 4.71. The van der Waals surface area contributed by atoms with Crippen LogP contribution in [0.15, 0.2) is 58.8 Å². The Morgan fingerprint density at radius 3 is 2.38 bits per heavy atom. The van der Waals surface area contributed by atoms with Crippen molar-refractivity contribution in [3.05, 3.63) is 59.7 Å². The first-order chi connectivity index (χ1) is 15.0. The van der Waals surface area contributed by atoms with E-state index in [-0.39, 0.29) is 22.5 Å². The van der Waals surface area contributed by atoms with Crippen molar-refractivity contribution in [2.24, 2.45) is 16.0 Å². The molecule has 0 aliphatic rings. The van der Waals surface area contributed by atoms with Gasteiger partial charge in [-0.3, -0.25) is 9.36 Å². The first-order valence-electron chi connectivity index (χ1n) is 9.90. The van der Waals surface area contributed by atoms with E-state index >= 15 is 0 Å². The summed E-state index contributed by atoms with van der Waals surface area (Å²) in [5, 5.41) is 18.8. The summed E-state index contributed by atoms with van der Waals surface area (Å²) in [6.07, 6.45) is 0. The van der Waals surface area contributed by atoms with Gasteiger partial charge in [-0.1, -0.05) is 30.3 Å². The summed E-state index contributed by atoms with van der Waals surface area (Å²) in [6, 6.07) is 12.8. The van der Waals surface area contributed by atoms with Crippen LogP contribution in [0.1, 0.15) is 49.7 Å². The Balaban J connectivity index is 2.17. The van der Waals surface area contributed by atoms with Gasteiger partial charge >= 0.3 is 5.97 Å². The smallest absolute Gasteiger partial charge is 0.329 e. The number of aromatic nitrogens is 1. The van der Waals surface area contributed by atoms with Gasteiger partial charge in [0.1, 0.15) is 11.6 Å². The van der Waals surface area contributed by atoms with Gasteiger partial charge in [-0.2, -0.15) is 0 Å². The van der Waals surface area contributed by atoms with E-state index in [1.807, 2.05) is 6.07 Å². The van der Waals surface area contributed by atoms with Crippen LogP contribution in [0.25, 0.3) is 10.9 Å². The molecular weight excluding hydrogens is 428 g/mol. The minimum absolute atomic E-state index is 0.0471. The Morgan fingerprint density at radius 1 is 1.12 bits per heavy atom. The van der Waals surface area contributed by atoms with Crippen molar-refractivity contribution >= 4 is 45.7 Å². The maximum absolute atomic E-state index is 12.9.